The predicted molar refractivity (Wildman–Crippen MR) is 102 cm³/mol. The molecule has 3 aliphatic rings. The Kier molecular flexibility index (Phi) is 3.77. The van der Waals surface area contributed by atoms with Gasteiger partial charge in [-0.15, -0.1) is 0 Å². The Morgan fingerprint density at radius 2 is 1.96 bits per heavy atom. The highest BCUT2D eigenvalue weighted by molar-refractivity contribution is 7.89. The SMILES string of the molecule is CN1C(=O)CCO[C@H]2CN(S(=O)(=O)c3ccc4c5c(cccc35)C(=O)N4)C[C@@H]21. The van der Waals surface area contributed by atoms with Crippen molar-refractivity contribution < 1.29 is 22.7 Å². The van der Waals surface area contributed by atoms with Crippen molar-refractivity contribution in [2.24, 2.45) is 0 Å². The average Bonchev–Trinajstić information content (AvgIpc) is 3.21. The molecular weight excluding hydrogens is 382 g/mol. The molecule has 2 amide bonds. The van der Waals surface area contributed by atoms with Crippen LogP contribution in [0.2, 0.25) is 0 Å². The van der Waals surface area contributed by atoms with E-state index in [1.54, 1.807) is 36.2 Å². The summed E-state index contributed by atoms with van der Waals surface area (Å²) >= 11 is 0. The van der Waals surface area contributed by atoms with Crippen molar-refractivity contribution in [3.63, 3.8) is 0 Å². The van der Waals surface area contributed by atoms with Gasteiger partial charge in [0.05, 0.1) is 30.1 Å². The van der Waals surface area contributed by atoms with Gasteiger partial charge in [0, 0.05) is 42.2 Å². The lowest BCUT2D eigenvalue weighted by atomic mass is 10.1. The van der Waals surface area contributed by atoms with Crippen molar-refractivity contribution >= 4 is 38.3 Å². The van der Waals surface area contributed by atoms with E-state index in [-0.39, 0.29) is 41.9 Å². The number of nitrogens with zero attached hydrogens (tertiary/aromatic N) is 2. The minimum absolute atomic E-state index is 0.0401. The first-order valence-corrected chi connectivity index (χ1v) is 10.6. The molecule has 0 spiro atoms. The summed E-state index contributed by atoms with van der Waals surface area (Å²) in [5.74, 6) is -0.270. The molecule has 0 unspecified atom stereocenters. The van der Waals surface area contributed by atoms with Gasteiger partial charge in [0.2, 0.25) is 15.9 Å². The maximum atomic E-state index is 13.5. The fourth-order valence-corrected chi connectivity index (χ4v) is 6.00. The Hall–Kier alpha value is -2.49. The van der Waals surface area contributed by atoms with Crippen LogP contribution in [0, 0.1) is 0 Å². The molecule has 3 aliphatic heterocycles. The second-order valence-corrected chi connectivity index (χ2v) is 9.25. The van der Waals surface area contributed by atoms with E-state index in [2.05, 4.69) is 5.32 Å². The molecule has 2 saturated heterocycles. The molecule has 28 heavy (non-hydrogen) atoms. The van der Waals surface area contributed by atoms with Crippen molar-refractivity contribution in [3.8, 4) is 0 Å². The number of sulfonamides is 1. The van der Waals surface area contributed by atoms with Gasteiger partial charge in [-0.05, 0) is 18.2 Å². The summed E-state index contributed by atoms with van der Waals surface area (Å²) in [6.45, 7) is 0.688. The monoisotopic (exact) mass is 401 g/mol. The van der Waals surface area contributed by atoms with Crippen LogP contribution in [-0.2, 0) is 19.6 Å². The summed E-state index contributed by atoms with van der Waals surface area (Å²) in [6, 6.07) is 7.96. The van der Waals surface area contributed by atoms with Gasteiger partial charge in [0.25, 0.3) is 5.91 Å². The first-order valence-electron chi connectivity index (χ1n) is 9.12. The Morgan fingerprint density at radius 1 is 1.14 bits per heavy atom. The van der Waals surface area contributed by atoms with E-state index in [0.717, 1.165) is 0 Å². The summed E-state index contributed by atoms with van der Waals surface area (Å²) < 4.78 is 34.0. The van der Waals surface area contributed by atoms with E-state index in [9.17, 15) is 18.0 Å². The number of amides is 2. The molecule has 146 valence electrons. The minimum Gasteiger partial charge on any atom is -0.374 e. The number of rotatable bonds is 2. The normalized spacial score (nSPS) is 25.1. The van der Waals surface area contributed by atoms with E-state index in [0.29, 0.717) is 35.1 Å². The number of likely N-dealkylation sites (N-methyl/N-ethyl adjacent to an activating group) is 1. The molecule has 0 bridgehead atoms. The van der Waals surface area contributed by atoms with Crippen LogP contribution in [0.15, 0.2) is 35.2 Å². The fraction of sp³-hybridized carbons (Fsp3) is 0.368. The van der Waals surface area contributed by atoms with Crippen molar-refractivity contribution in [1.82, 2.24) is 9.21 Å². The Morgan fingerprint density at radius 3 is 2.79 bits per heavy atom. The quantitative estimate of drug-likeness (QED) is 0.811. The van der Waals surface area contributed by atoms with E-state index < -0.39 is 10.0 Å². The van der Waals surface area contributed by atoms with Gasteiger partial charge in [-0.1, -0.05) is 12.1 Å². The van der Waals surface area contributed by atoms with E-state index >= 15 is 0 Å². The van der Waals surface area contributed by atoms with Gasteiger partial charge < -0.3 is 15.0 Å². The smallest absolute Gasteiger partial charge is 0.256 e. The lowest BCUT2D eigenvalue weighted by Crippen LogP contribution is -2.43. The number of carbonyl (C=O) groups is 2. The van der Waals surface area contributed by atoms with E-state index in [1.165, 1.54) is 10.4 Å². The molecule has 2 fully saturated rings. The first kappa shape index (κ1) is 17.6. The Labute approximate surface area is 162 Å². The molecule has 8 nitrogen and oxygen atoms in total. The van der Waals surface area contributed by atoms with Crippen molar-refractivity contribution in [2.45, 2.75) is 23.5 Å². The topological polar surface area (TPSA) is 96.0 Å². The summed E-state index contributed by atoms with van der Waals surface area (Å²) in [7, 11) is -2.13. The number of anilines is 1. The van der Waals surface area contributed by atoms with Gasteiger partial charge in [-0.3, -0.25) is 9.59 Å². The standard InChI is InChI=1S/C19H19N3O5S/c1-21-14-9-22(10-15(14)27-8-7-17(21)23)28(25,26)16-6-5-13-18-11(16)3-2-4-12(18)19(24)20-13/h2-6,14-15H,7-10H2,1H3,(H,20,24)/t14-,15-/m0/s1. The molecule has 0 aliphatic carbocycles. The zero-order valence-corrected chi connectivity index (χ0v) is 16.0. The largest absolute Gasteiger partial charge is 0.374 e. The number of fused-ring (bicyclic) bond motifs is 1. The minimum atomic E-state index is -3.82. The van der Waals surface area contributed by atoms with Gasteiger partial charge in [0.1, 0.15) is 0 Å². The van der Waals surface area contributed by atoms with Crippen LogP contribution in [-0.4, -0.2) is 68.3 Å². The van der Waals surface area contributed by atoms with Crippen LogP contribution >= 0.6 is 0 Å². The molecule has 5 rings (SSSR count). The van der Waals surface area contributed by atoms with Crippen LogP contribution < -0.4 is 5.32 Å². The van der Waals surface area contributed by atoms with Gasteiger partial charge in [-0.2, -0.15) is 4.31 Å². The molecule has 3 heterocycles. The fourth-order valence-electron chi connectivity index (χ4n) is 4.34. The van der Waals surface area contributed by atoms with Crippen LogP contribution in [0.25, 0.3) is 10.8 Å². The average molecular weight is 401 g/mol. The zero-order valence-electron chi connectivity index (χ0n) is 15.2. The Balaban J connectivity index is 1.57. The third kappa shape index (κ3) is 2.40. The molecule has 9 heteroatoms. The van der Waals surface area contributed by atoms with Crippen LogP contribution in [0.4, 0.5) is 5.69 Å². The third-order valence-electron chi connectivity index (χ3n) is 5.85. The predicted octanol–water partition coefficient (Wildman–Crippen LogP) is 1.03. The molecule has 2 atom stereocenters. The molecule has 0 saturated carbocycles. The molecular formula is C19H19N3O5S. The maximum absolute atomic E-state index is 13.5. The first-order chi connectivity index (χ1) is 13.4. The van der Waals surface area contributed by atoms with E-state index in [4.69, 9.17) is 4.74 Å². The molecule has 2 aromatic carbocycles. The number of carbonyl (C=O) groups excluding carboxylic acids is 2. The highest BCUT2D eigenvalue weighted by Gasteiger charge is 2.44. The summed E-state index contributed by atoms with van der Waals surface area (Å²) in [5, 5.41) is 3.92. The van der Waals surface area contributed by atoms with Crippen molar-refractivity contribution in [2.75, 3.05) is 32.1 Å². The molecule has 1 N–H and O–H groups in total. The van der Waals surface area contributed by atoms with E-state index in [1.807, 2.05) is 0 Å². The number of nitrogens with one attached hydrogen (secondary N) is 1. The Bertz CT molecular complexity index is 1130. The second-order valence-electron chi connectivity index (χ2n) is 7.35. The number of hydrogen-bond acceptors (Lipinski definition) is 5. The second kappa shape index (κ2) is 6.00. The summed E-state index contributed by atoms with van der Waals surface area (Å²) in [6.07, 6.45) is -0.0298. The number of benzene rings is 2. The lowest BCUT2D eigenvalue weighted by molar-refractivity contribution is -0.130. The van der Waals surface area contributed by atoms with Crippen LogP contribution in [0.5, 0.6) is 0 Å². The number of hydrogen-bond donors (Lipinski definition) is 1. The molecule has 2 aromatic rings. The van der Waals surface area contributed by atoms with Crippen LogP contribution in [0.3, 0.4) is 0 Å². The van der Waals surface area contributed by atoms with Gasteiger partial charge in [0.15, 0.2) is 0 Å². The van der Waals surface area contributed by atoms with Gasteiger partial charge >= 0.3 is 0 Å². The highest BCUT2D eigenvalue weighted by Crippen LogP contribution is 2.38. The third-order valence-corrected chi connectivity index (χ3v) is 7.74. The molecule has 0 aromatic heterocycles. The lowest BCUT2D eigenvalue weighted by Gasteiger charge is -2.25. The zero-order chi connectivity index (χ0) is 19.6. The summed E-state index contributed by atoms with van der Waals surface area (Å²) in [5.41, 5.74) is 1.10. The van der Waals surface area contributed by atoms with Crippen molar-refractivity contribution in [1.29, 1.82) is 0 Å². The van der Waals surface area contributed by atoms with Crippen LogP contribution in [0.1, 0.15) is 16.8 Å². The van der Waals surface area contributed by atoms with Gasteiger partial charge in [-0.25, -0.2) is 8.42 Å². The summed E-state index contributed by atoms with van der Waals surface area (Å²) in [4.78, 5) is 26.0. The molecule has 0 radical (unpaired) electrons. The highest BCUT2D eigenvalue weighted by atomic mass is 32.2. The van der Waals surface area contributed by atoms with Crippen molar-refractivity contribution in [3.05, 3.63) is 35.9 Å². The number of ether oxygens (including phenoxy) is 1. The maximum Gasteiger partial charge on any atom is 0.256 e.